The highest BCUT2D eigenvalue weighted by Gasteiger charge is 1.95. The molecule has 17 heavy (non-hydrogen) atoms. The van der Waals surface area contributed by atoms with E-state index in [0.717, 1.165) is 18.7 Å². The fraction of sp³-hybridized carbons (Fsp3) is 0.500. The van der Waals surface area contributed by atoms with E-state index in [4.69, 9.17) is 4.74 Å². The van der Waals surface area contributed by atoms with Crippen LogP contribution in [0.4, 0.5) is 5.69 Å². The minimum atomic E-state index is 0.656. The molecule has 3 nitrogen and oxygen atoms in total. The van der Waals surface area contributed by atoms with Crippen molar-refractivity contribution in [1.82, 2.24) is 4.98 Å². The molecule has 0 amide bonds. The Morgan fingerprint density at radius 1 is 1.35 bits per heavy atom. The Labute approximate surface area is 104 Å². The SMILES string of the molecule is C=CCCCCCNc1ccc(OCC)nc1. The minimum absolute atomic E-state index is 0.656. The number of rotatable bonds is 9. The molecule has 0 aromatic carbocycles. The Balaban J connectivity index is 2.16. The van der Waals surface area contributed by atoms with Crippen molar-refractivity contribution in [2.24, 2.45) is 0 Å². The zero-order valence-electron chi connectivity index (χ0n) is 10.6. The second kappa shape index (κ2) is 8.62. The highest BCUT2D eigenvalue weighted by atomic mass is 16.5. The van der Waals surface area contributed by atoms with Crippen molar-refractivity contribution in [1.29, 1.82) is 0 Å². The third-order valence-corrected chi connectivity index (χ3v) is 2.44. The third-order valence-electron chi connectivity index (χ3n) is 2.44. The normalized spacial score (nSPS) is 9.94. The van der Waals surface area contributed by atoms with Crippen LogP contribution in [0.3, 0.4) is 0 Å². The molecule has 0 unspecified atom stereocenters. The molecule has 1 heterocycles. The molecule has 0 aliphatic rings. The highest BCUT2D eigenvalue weighted by molar-refractivity contribution is 5.41. The van der Waals surface area contributed by atoms with E-state index in [1.54, 1.807) is 0 Å². The maximum Gasteiger partial charge on any atom is 0.213 e. The Morgan fingerprint density at radius 3 is 2.88 bits per heavy atom. The standard InChI is InChI=1S/C14H22N2O/c1-3-5-6-7-8-11-15-13-9-10-14(16-12-13)17-4-2/h3,9-10,12,15H,1,4-8,11H2,2H3. The molecule has 0 spiro atoms. The van der Waals surface area contributed by atoms with E-state index in [1.807, 2.05) is 31.3 Å². The molecule has 0 radical (unpaired) electrons. The van der Waals surface area contributed by atoms with Crippen LogP contribution in [-0.4, -0.2) is 18.1 Å². The molecule has 0 saturated carbocycles. The topological polar surface area (TPSA) is 34.1 Å². The average Bonchev–Trinajstić information content (AvgIpc) is 2.36. The maximum absolute atomic E-state index is 5.28. The van der Waals surface area contributed by atoms with Gasteiger partial charge < -0.3 is 10.1 Å². The van der Waals surface area contributed by atoms with E-state index in [9.17, 15) is 0 Å². The molecule has 1 aromatic rings. The van der Waals surface area contributed by atoms with Crippen molar-refractivity contribution in [3.05, 3.63) is 31.0 Å². The summed E-state index contributed by atoms with van der Waals surface area (Å²) in [6.07, 6.45) is 8.56. The number of aromatic nitrogens is 1. The Morgan fingerprint density at radius 2 is 2.24 bits per heavy atom. The second-order valence-corrected chi connectivity index (χ2v) is 3.88. The summed E-state index contributed by atoms with van der Waals surface area (Å²) in [5.41, 5.74) is 1.05. The third kappa shape index (κ3) is 5.95. The summed E-state index contributed by atoms with van der Waals surface area (Å²) < 4.78 is 5.28. The highest BCUT2D eigenvalue weighted by Crippen LogP contribution is 2.11. The number of hydrogen-bond acceptors (Lipinski definition) is 3. The van der Waals surface area contributed by atoms with Gasteiger partial charge in [0.1, 0.15) is 0 Å². The summed E-state index contributed by atoms with van der Waals surface area (Å²) in [4.78, 5) is 4.20. The molecule has 3 heteroatoms. The van der Waals surface area contributed by atoms with Gasteiger partial charge in [0.15, 0.2) is 0 Å². The Kier molecular flexibility index (Phi) is 6.87. The molecule has 0 bridgehead atoms. The zero-order chi connectivity index (χ0) is 12.3. The number of ether oxygens (including phenoxy) is 1. The second-order valence-electron chi connectivity index (χ2n) is 3.88. The van der Waals surface area contributed by atoms with E-state index in [-0.39, 0.29) is 0 Å². The van der Waals surface area contributed by atoms with Crippen LogP contribution < -0.4 is 10.1 Å². The largest absolute Gasteiger partial charge is 0.478 e. The minimum Gasteiger partial charge on any atom is -0.478 e. The van der Waals surface area contributed by atoms with Gasteiger partial charge in [-0.3, -0.25) is 0 Å². The van der Waals surface area contributed by atoms with Crippen LogP contribution in [0.15, 0.2) is 31.0 Å². The van der Waals surface area contributed by atoms with Crippen molar-refractivity contribution in [2.75, 3.05) is 18.5 Å². The van der Waals surface area contributed by atoms with Crippen LogP contribution in [0.1, 0.15) is 32.6 Å². The molecule has 0 atom stereocenters. The van der Waals surface area contributed by atoms with Gasteiger partial charge >= 0.3 is 0 Å². The first-order valence-electron chi connectivity index (χ1n) is 6.30. The monoisotopic (exact) mass is 234 g/mol. The molecule has 1 N–H and O–H groups in total. The first-order chi connectivity index (χ1) is 8.36. The number of hydrogen-bond donors (Lipinski definition) is 1. The van der Waals surface area contributed by atoms with Crippen molar-refractivity contribution in [3.63, 3.8) is 0 Å². The summed E-state index contributed by atoms with van der Waals surface area (Å²) in [5.74, 6) is 0.684. The smallest absolute Gasteiger partial charge is 0.213 e. The molecule has 1 rings (SSSR count). The fourth-order valence-electron chi connectivity index (χ4n) is 1.54. The quantitative estimate of drug-likeness (QED) is 0.523. The van der Waals surface area contributed by atoms with Crippen LogP contribution in [0, 0.1) is 0 Å². The lowest BCUT2D eigenvalue weighted by Gasteiger charge is -2.06. The van der Waals surface area contributed by atoms with E-state index in [0.29, 0.717) is 12.5 Å². The van der Waals surface area contributed by atoms with Gasteiger partial charge in [-0.15, -0.1) is 6.58 Å². The molecule has 0 aliphatic carbocycles. The van der Waals surface area contributed by atoms with Crippen LogP contribution >= 0.6 is 0 Å². The summed E-state index contributed by atoms with van der Waals surface area (Å²) in [6, 6.07) is 3.89. The number of allylic oxidation sites excluding steroid dienone is 1. The van der Waals surface area contributed by atoms with Crippen LogP contribution in [0.2, 0.25) is 0 Å². The van der Waals surface area contributed by atoms with Gasteiger partial charge in [-0.2, -0.15) is 0 Å². The van der Waals surface area contributed by atoms with Crippen LogP contribution in [0.5, 0.6) is 5.88 Å². The van der Waals surface area contributed by atoms with Gasteiger partial charge in [0.05, 0.1) is 18.5 Å². The van der Waals surface area contributed by atoms with E-state index in [1.165, 1.54) is 19.3 Å². The maximum atomic E-state index is 5.28. The Bertz CT molecular complexity index is 309. The van der Waals surface area contributed by atoms with E-state index < -0.39 is 0 Å². The summed E-state index contributed by atoms with van der Waals surface area (Å²) in [7, 11) is 0. The predicted molar refractivity (Wildman–Crippen MR) is 72.6 cm³/mol. The number of nitrogens with zero attached hydrogens (tertiary/aromatic N) is 1. The number of anilines is 1. The molecule has 94 valence electrons. The van der Waals surface area contributed by atoms with Crippen LogP contribution in [-0.2, 0) is 0 Å². The van der Waals surface area contributed by atoms with Gasteiger partial charge in [-0.25, -0.2) is 4.98 Å². The van der Waals surface area contributed by atoms with Crippen molar-refractivity contribution >= 4 is 5.69 Å². The number of nitrogens with one attached hydrogen (secondary N) is 1. The lowest BCUT2D eigenvalue weighted by Crippen LogP contribution is -2.02. The number of pyridine rings is 1. The summed E-state index contributed by atoms with van der Waals surface area (Å²) >= 11 is 0. The first kappa shape index (κ1) is 13.6. The summed E-state index contributed by atoms with van der Waals surface area (Å²) in [6.45, 7) is 7.32. The molecular formula is C14H22N2O. The fourth-order valence-corrected chi connectivity index (χ4v) is 1.54. The Hall–Kier alpha value is -1.51. The number of unbranched alkanes of at least 4 members (excludes halogenated alkanes) is 3. The van der Waals surface area contributed by atoms with Gasteiger partial charge in [-0.05, 0) is 32.3 Å². The van der Waals surface area contributed by atoms with Crippen molar-refractivity contribution < 1.29 is 4.74 Å². The van der Waals surface area contributed by atoms with E-state index >= 15 is 0 Å². The van der Waals surface area contributed by atoms with Crippen LogP contribution in [0.25, 0.3) is 0 Å². The van der Waals surface area contributed by atoms with E-state index in [2.05, 4.69) is 16.9 Å². The molecule has 0 saturated heterocycles. The molecule has 0 fully saturated rings. The van der Waals surface area contributed by atoms with Gasteiger partial charge in [0, 0.05) is 12.6 Å². The molecular weight excluding hydrogens is 212 g/mol. The summed E-state index contributed by atoms with van der Waals surface area (Å²) in [5, 5.41) is 3.35. The average molecular weight is 234 g/mol. The molecule has 1 aromatic heterocycles. The lowest BCUT2D eigenvalue weighted by atomic mass is 10.2. The lowest BCUT2D eigenvalue weighted by molar-refractivity contribution is 0.327. The predicted octanol–water partition coefficient (Wildman–Crippen LogP) is 3.64. The van der Waals surface area contributed by atoms with Gasteiger partial charge in [-0.1, -0.05) is 12.5 Å². The van der Waals surface area contributed by atoms with Gasteiger partial charge in [0.2, 0.25) is 5.88 Å². The van der Waals surface area contributed by atoms with Gasteiger partial charge in [0.25, 0.3) is 0 Å². The first-order valence-corrected chi connectivity index (χ1v) is 6.30. The zero-order valence-corrected chi connectivity index (χ0v) is 10.6. The van der Waals surface area contributed by atoms with Crippen molar-refractivity contribution in [3.8, 4) is 5.88 Å². The molecule has 0 aliphatic heterocycles. The van der Waals surface area contributed by atoms with Crippen molar-refractivity contribution in [2.45, 2.75) is 32.6 Å².